The molecule has 164 valence electrons. The van der Waals surface area contributed by atoms with Gasteiger partial charge in [-0.1, -0.05) is 12.1 Å². The SMILES string of the molecule is O=C(Nc1ccc(OCC(F)(F)F)cc1)c1cnn(-c2ccccc2F)c1C(F)(F)F. The summed E-state index contributed by atoms with van der Waals surface area (Å²) in [6.45, 7) is -1.52. The molecule has 0 aliphatic carbocycles. The van der Waals surface area contributed by atoms with Crippen LogP contribution in [0.5, 0.6) is 5.75 Å². The number of aromatic nitrogens is 2. The highest BCUT2D eigenvalue weighted by atomic mass is 19.4. The average molecular weight is 447 g/mol. The fourth-order valence-corrected chi connectivity index (χ4v) is 2.59. The van der Waals surface area contributed by atoms with Crippen molar-refractivity contribution >= 4 is 11.6 Å². The number of carbonyl (C=O) groups excluding carboxylic acids is 1. The maximum Gasteiger partial charge on any atom is 0.434 e. The Bertz CT molecular complexity index is 1070. The number of rotatable bonds is 5. The van der Waals surface area contributed by atoms with E-state index in [-0.39, 0.29) is 16.1 Å². The van der Waals surface area contributed by atoms with Crippen molar-refractivity contribution in [3.05, 3.63) is 71.8 Å². The van der Waals surface area contributed by atoms with E-state index < -0.39 is 47.6 Å². The number of benzene rings is 2. The predicted octanol–water partition coefficient (Wildman–Crippen LogP) is 5.22. The molecule has 0 aliphatic heterocycles. The molecule has 12 heteroatoms. The number of alkyl halides is 6. The van der Waals surface area contributed by atoms with E-state index in [1.165, 1.54) is 12.1 Å². The highest BCUT2D eigenvalue weighted by molar-refractivity contribution is 6.05. The van der Waals surface area contributed by atoms with Gasteiger partial charge in [0.1, 0.15) is 17.3 Å². The molecule has 1 amide bonds. The Hall–Kier alpha value is -3.57. The average Bonchev–Trinajstić information content (AvgIpc) is 3.13. The van der Waals surface area contributed by atoms with E-state index in [2.05, 4.69) is 15.2 Å². The number of nitrogens with zero attached hydrogens (tertiary/aromatic N) is 2. The van der Waals surface area contributed by atoms with E-state index >= 15 is 0 Å². The van der Waals surface area contributed by atoms with Gasteiger partial charge in [0.25, 0.3) is 5.91 Å². The molecule has 0 radical (unpaired) electrons. The minimum Gasteiger partial charge on any atom is -0.484 e. The van der Waals surface area contributed by atoms with Crippen LogP contribution in [0, 0.1) is 5.82 Å². The van der Waals surface area contributed by atoms with Crippen molar-refractivity contribution in [2.24, 2.45) is 0 Å². The maximum absolute atomic E-state index is 14.0. The largest absolute Gasteiger partial charge is 0.484 e. The molecule has 0 fully saturated rings. The molecule has 0 bridgehead atoms. The smallest absolute Gasteiger partial charge is 0.434 e. The second-order valence-electron chi connectivity index (χ2n) is 6.15. The number of nitrogens with one attached hydrogen (secondary N) is 1. The van der Waals surface area contributed by atoms with Gasteiger partial charge in [-0.05, 0) is 36.4 Å². The zero-order chi connectivity index (χ0) is 22.8. The molecule has 0 spiro atoms. The summed E-state index contributed by atoms with van der Waals surface area (Å²) >= 11 is 0. The van der Waals surface area contributed by atoms with Gasteiger partial charge >= 0.3 is 12.4 Å². The first-order valence-electron chi connectivity index (χ1n) is 8.47. The summed E-state index contributed by atoms with van der Waals surface area (Å²) in [4.78, 5) is 12.4. The van der Waals surface area contributed by atoms with Crippen molar-refractivity contribution in [2.45, 2.75) is 12.4 Å². The number of halogens is 7. The number of anilines is 1. The molecule has 3 aromatic rings. The van der Waals surface area contributed by atoms with Crippen LogP contribution in [0.15, 0.2) is 54.7 Å². The van der Waals surface area contributed by atoms with Gasteiger partial charge in [-0.3, -0.25) is 4.79 Å². The zero-order valence-electron chi connectivity index (χ0n) is 15.3. The summed E-state index contributed by atoms with van der Waals surface area (Å²) in [5.74, 6) is -2.32. The van der Waals surface area contributed by atoms with E-state index in [0.29, 0.717) is 6.20 Å². The zero-order valence-corrected chi connectivity index (χ0v) is 15.3. The van der Waals surface area contributed by atoms with Gasteiger partial charge in [0, 0.05) is 5.69 Å². The quantitative estimate of drug-likeness (QED) is 0.546. The molecule has 1 N–H and O–H groups in total. The maximum atomic E-state index is 14.0. The molecule has 2 aromatic carbocycles. The van der Waals surface area contributed by atoms with Crippen LogP contribution in [0.25, 0.3) is 5.69 Å². The summed E-state index contributed by atoms with van der Waals surface area (Å²) in [6.07, 6.45) is -8.94. The molecule has 0 saturated carbocycles. The van der Waals surface area contributed by atoms with Crippen LogP contribution >= 0.6 is 0 Å². The van der Waals surface area contributed by atoms with Crippen LogP contribution in [0.2, 0.25) is 0 Å². The van der Waals surface area contributed by atoms with Gasteiger partial charge in [0.15, 0.2) is 12.3 Å². The number of hydrogen-bond acceptors (Lipinski definition) is 3. The minimum atomic E-state index is -5.04. The lowest BCUT2D eigenvalue weighted by Gasteiger charge is -2.13. The number of para-hydroxylation sites is 1. The lowest BCUT2D eigenvalue weighted by molar-refractivity contribution is -0.153. The number of ether oxygens (including phenoxy) is 1. The Labute approximate surface area is 170 Å². The van der Waals surface area contributed by atoms with Gasteiger partial charge in [-0.25, -0.2) is 9.07 Å². The lowest BCUT2D eigenvalue weighted by Crippen LogP contribution is -2.21. The Morgan fingerprint density at radius 2 is 1.65 bits per heavy atom. The van der Waals surface area contributed by atoms with Crippen LogP contribution in [-0.4, -0.2) is 28.5 Å². The standard InChI is InChI=1S/C19H12F7N3O2/c20-14-3-1-2-4-15(14)29-16(19(24,25)26)13(9-27-29)17(30)28-11-5-7-12(8-6-11)31-10-18(21,22)23/h1-9H,10H2,(H,28,30). The fraction of sp³-hybridized carbons (Fsp3) is 0.158. The Morgan fingerprint density at radius 3 is 2.23 bits per heavy atom. The van der Waals surface area contributed by atoms with E-state index in [1.54, 1.807) is 0 Å². The molecular weight excluding hydrogens is 435 g/mol. The van der Waals surface area contributed by atoms with Crippen LogP contribution in [-0.2, 0) is 6.18 Å². The van der Waals surface area contributed by atoms with Crippen LogP contribution < -0.4 is 10.1 Å². The molecule has 0 saturated heterocycles. The Kier molecular flexibility index (Phi) is 5.91. The number of carbonyl (C=O) groups is 1. The van der Waals surface area contributed by atoms with Gasteiger partial charge in [0.2, 0.25) is 0 Å². The molecule has 31 heavy (non-hydrogen) atoms. The molecule has 0 unspecified atom stereocenters. The Morgan fingerprint density at radius 1 is 1.00 bits per heavy atom. The first-order chi connectivity index (χ1) is 14.5. The van der Waals surface area contributed by atoms with Gasteiger partial charge in [0.05, 0.1) is 11.8 Å². The van der Waals surface area contributed by atoms with Crippen molar-refractivity contribution in [1.82, 2.24) is 9.78 Å². The van der Waals surface area contributed by atoms with Gasteiger partial charge < -0.3 is 10.1 Å². The molecule has 1 heterocycles. The monoisotopic (exact) mass is 447 g/mol. The van der Waals surface area contributed by atoms with E-state index in [4.69, 9.17) is 0 Å². The lowest BCUT2D eigenvalue weighted by atomic mass is 10.2. The first kappa shape index (κ1) is 22.1. The van der Waals surface area contributed by atoms with E-state index in [0.717, 1.165) is 36.4 Å². The molecular formula is C19H12F7N3O2. The van der Waals surface area contributed by atoms with Crippen molar-refractivity contribution in [2.75, 3.05) is 11.9 Å². The predicted molar refractivity (Wildman–Crippen MR) is 94.5 cm³/mol. The van der Waals surface area contributed by atoms with Crippen LogP contribution in [0.4, 0.5) is 36.4 Å². The summed E-state index contributed by atoms with van der Waals surface area (Å²) in [7, 11) is 0. The van der Waals surface area contributed by atoms with Gasteiger partial charge in [-0.2, -0.15) is 31.4 Å². The highest BCUT2D eigenvalue weighted by Crippen LogP contribution is 2.34. The molecule has 1 aromatic heterocycles. The second kappa shape index (κ2) is 8.28. The number of amides is 1. The summed E-state index contributed by atoms with van der Waals surface area (Å²) < 4.78 is 96.1. The summed E-state index contributed by atoms with van der Waals surface area (Å²) in [6, 6.07) is 9.12. The summed E-state index contributed by atoms with van der Waals surface area (Å²) in [5.41, 5.74) is -2.86. The third-order valence-corrected chi connectivity index (χ3v) is 3.88. The van der Waals surface area contributed by atoms with Crippen molar-refractivity contribution < 1.29 is 40.3 Å². The fourth-order valence-electron chi connectivity index (χ4n) is 2.59. The topological polar surface area (TPSA) is 56.1 Å². The normalized spacial score (nSPS) is 12.0. The van der Waals surface area contributed by atoms with Crippen LogP contribution in [0.1, 0.15) is 16.1 Å². The third-order valence-electron chi connectivity index (χ3n) is 3.88. The first-order valence-corrected chi connectivity index (χ1v) is 8.47. The molecule has 0 atom stereocenters. The van der Waals surface area contributed by atoms with Crippen molar-refractivity contribution in [1.29, 1.82) is 0 Å². The molecule has 0 aliphatic rings. The van der Waals surface area contributed by atoms with Crippen molar-refractivity contribution in [3.63, 3.8) is 0 Å². The van der Waals surface area contributed by atoms with Gasteiger partial charge in [-0.15, -0.1) is 0 Å². The highest BCUT2D eigenvalue weighted by Gasteiger charge is 2.41. The molecule has 3 rings (SSSR count). The second-order valence-corrected chi connectivity index (χ2v) is 6.15. The minimum absolute atomic E-state index is 0.00359. The summed E-state index contributed by atoms with van der Waals surface area (Å²) in [5, 5.41) is 5.69. The van der Waals surface area contributed by atoms with E-state index in [1.807, 2.05) is 0 Å². The van der Waals surface area contributed by atoms with E-state index in [9.17, 15) is 35.5 Å². The molecule has 5 nitrogen and oxygen atoms in total. The van der Waals surface area contributed by atoms with Crippen molar-refractivity contribution in [3.8, 4) is 11.4 Å². The van der Waals surface area contributed by atoms with Crippen LogP contribution in [0.3, 0.4) is 0 Å². The Balaban J connectivity index is 1.85. The number of hydrogen-bond donors (Lipinski definition) is 1. The third kappa shape index (κ3) is 5.32.